The summed E-state index contributed by atoms with van der Waals surface area (Å²) >= 11 is 0. The number of aryl methyl sites for hydroxylation is 2. The van der Waals surface area contributed by atoms with Crippen LogP contribution >= 0.6 is 0 Å². The van der Waals surface area contributed by atoms with Crippen molar-refractivity contribution in [3.63, 3.8) is 0 Å². The highest BCUT2D eigenvalue weighted by atomic mass is 15.2. The smallest absolute Gasteiger partial charge is 0.224 e. The Balaban J connectivity index is 2.07. The van der Waals surface area contributed by atoms with Crippen LogP contribution in [0.3, 0.4) is 0 Å². The zero-order valence-corrected chi connectivity index (χ0v) is 12.4. The van der Waals surface area contributed by atoms with Gasteiger partial charge in [0.2, 0.25) is 5.95 Å². The maximum absolute atomic E-state index is 4.45. The molecule has 0 atom stereocenters. The second kappa shape index (κ2) is 6.27. The van der Waals surface area contributed by atoms with Crippen LogP contribution in [0.5, 0.6) is 0 Å². The molecule has 0 aliphatic carbocycles. The van der Waals surface area contributed by atoms with Gasteiger partial charge in [-0.3, -0.25) is 0 Å². The van der Waals surface area contributed by atoms with E-state index >= 15 is 0 Å². The fourth-order valence-electron chi connectivity index (χ4n) is 1.85. The van der Waals surface area contributed by atoms with Crippen LogP contribution in [0.25, 0.3) is 0 Å². The molecule has 0 unspecified atom stereocenters. The summed E-state index contributed by atoms with van der Waals surface area (Å²) in [7, 11) is 2.00. The van der Waals surface area contributed by atoms with Gasteiger partial charge in [-0.25, -0.2) is 15.0 Å². The molecule has 0 amide bonds. The molecule has 2 aromatic rings. The third-order valence-corrected chi connectivity index (χ3v) is 2.94. The number of aromatic nitrogens is 4. The molecule has 2 heterocycles. The first-order valence-corrected chi connectivity index (χ1v) is 6.67. The van der Waals surface area contributed by atoms with E-state index in [0.29, 0.717) is 12.5 Å². The maximum atomic E-state index is 4.45. The summed E-state index contributed by atoms with van der Waals surface area (Å²) in [6, 6.07) is 3.85. The first-order valence-electron chi connectivity index (χ1n) is 6.67. The summed E-state index contributed by atoms with van der Waals surface area (Å²) in [6.07, 6.45) is 1.75. The molecule has 106 valence electrons. The van der Waals surface area contributed by atoms with Gasteiger partial charge in [-0.15, -0.1) is 0 Å². The minimum absolute atomic E-state index is 0.516. The van der Waals surface area contributed by atoms with Crippen molar-refractivity contribution >= 4 is 11.8 Å². The van der Waals surface area contributed by atoms with Gasteiger partial charge in [0.25, 0.3) is 0 Å². The van der Waals surface area contributed by atoms with Crippen molar-refractivity contribution in [1.82, 2.24) is 19.9 Å². The molecule has 0 aliphatic heterocycles. The van der Waals surface area contributed by atoms with Crippen LogP contribution in [0.15, 0.2) is 18.3 Å². The first kappa shape index (κ1) is 14.2. The van der Waals surface area contributed by atoms with Gasteiger partial charge < -0.3 is 10.2 Å². The van der Waals surface area contributed by atoms with Crippen molar-refractivity contribution in [3.05, 3.63) is 35.5 Å². The molecule has 0 bridgehead atoms. The lowest BCUT2D eigenvalue weighted by Crippen LogP contribution is -2.18. The lowest BCUT2D eigenvalue weighted by Gasteiger charge is -2.15. The number of nitrogens with zero attached hydrogens (tertiary/aromatic N) is 5. The van der Waals surface area contributed by atoms with E-state index in [1.807, 2.05) is 33.0 Å². The molecule has 0 fully saturated rings. The lowest BCUT2D eigenvalue weighted by molar-refractivity contribution is 0.883. The Morgan fingerprint density at radius 2 is 1.85 bits per heavy atom. The molecule has 0 radical (unpaired) electrons. The van der Waals surface area contributed by atoms with Gasteiger partial charge in [0.1, 0.15) is 11.6 Å². The first-order chi connectivity index (χ1) is 9.58. The molecular formula is C14H20N6. The van der Waals surface area contributed by atoms with Gasteiger partial charge in [-0.1, -0.05) is 0 Å². The zero-order valence-electron chi connectivity index (χ0n) is 12.4. The van der Waals surface area contributed by atoms with Crippen LogP contribution in [-0.2, 0) is 6.54 Å². The Kier molecular flexibility index (Phi) is 4.45. The van der Waals surface area contributed by atoms with E-state index in [-0.39, 0.29) is 0 Å². The van der Waals surface area contributed by atoms with Gasteiger partial charge in [0.15, 0.2) is 0 Å². The SMILES string of the molecule is CCN(C)c1ccnc(NCc2nc(C)cc(C)n2)n1. The van der Waals surface area contributed by atoms with E-state index in [2.05, 4.69) is 37.1 Å². The van der Waals surface area contributed by atoms with Crippen LogP contribution in [0.4, 0.5) is 11.8 Å². The maximum Gasteiger partial charge on any atom is 0.224 e. The number of rotatable bonds is 5. The van der Waals surface area contributed by atoms with Gasteiger partial charge in [-0.2, -0.15) is 4.98 Å². The minimum Gasteiger partial charge on any atom is -0.360 e. The summed E-state index contributed by atoms with van der Waals surface area (Å²) in [5.74, 6) is 2.23. The van der Waals surface area contributed by atoms with Gasteiger partial charge in [0, 0.05) is 31.2 Å². The molecular weight excluding hydrogens is 252 g/mol. The van der Waals surface area contributed by atoms with Crippen LogP contribution in [0, 0.1) is 13.8 Å². The van der Waals surface area contributed by atoms with E-state index in [1.54, 1.807) is 6.20 Å². The monoisotopic (exact) mass is 272 g/mol. The van der Waals surface area contributed by atoms with Crippen molar-refractivity contribution in [2.24, 2.45) is 0 Å². The van der Waals surface area contributed by atoms with E-state index in [1.165, 1.54) is 0 Å². The number of hydrogen-bond acceptors (Lipinski definition) is 6. The van der Waals surface area contributed by atoms with Gasteiger partial charge >= 0.3 is 0 Å². The molecule has 0 aliphatic rings. The molecule has 1 N–H and O–H groups in total. The summed E-state index contributed by atoms with van der Waals surface area (Å²) in [6.45, 7) is 7.42. The molecule has 6 nitrogen and oxygen atoms in total. The standard InChI is InChI=1S/C14H20N6/c1-5-20(4)13-6-7-15-14(19-13)16-9-12-17-10(2)8-11(3)18-12/h6-8H,5,9H2,1-4H3,(H,15,16,19). The normalized spacial score (nSPS) is 10.4. The van der Waals surface area contributed by atoms with Crippen molar-refractivity contribution < 1.29 is 0 Å². The highest BCUT2D eigenvalue weighted by Gasteiger charge is 2.04. The Labute approximate surface area is 119 Å². The summed E-state index contributed by atoms with van der Waals surface area (Å²) < 4.78 is 0. The van der Waals surface area contributed by atoms with E-state index in [4.69, 9.17) is 0 Å². The molecule has 6 heteroatoms. The zero-order chi connectivity index (χ0) is 14.5. The lowest BCUT2D eigenvalue weighted by atomic mass is 10.3. The molecule has 0 spiro atoms. The molecule has 0 saturated carbocycles. The van der Waals surface area contributed by atoms with Crippen LogP contribution in [-0.4, -0.2) is 33.5 Å². The average molecular weight is 272 g/mol. The highest BCUT2D eigenvalue weighted by molar-refractivity contribution is 5.41. The van der Waals surface area contributed by atoms with Crippen molar-refractivity contribution in [2.45, 2.75) is 27.3 Å². The fourth-order valence-corrected chi connectivity index (χ4v) is 1.85. The predicted octanol–water partition coefficient (Wildman–Crippen LogP) is 1.95. The second-order valence-corrected chi connectivity index (χ2v) is 4.67. The molecule has 2 rings (SSSR count). The minimum atomic E-state index is 0.516. The predicted molar refractivity (Wildman–Crippen MR) is 79.8 cm³/mol. The van der Waals surface area contributed by atoms with E-state index < -0.39 is 0 Å². The summed E-state index contributed by atoms with van der Waals surface area (Å²) in [5, 5.41) is 3.16. The third kappa shape index (κ3) is 3.63. The molecule has 2 aromatic heterocycles. The number of nitrogens with one attached hydrogen (secondary N) is 1. The fraction of sp³-hybridized carbons (Fsp3) is 0.429. The van der Waals surface area contributed by atoms with Crippen LogP contribution in [0.1, 0.15) is 24.1 Å². The van der Waals surface area contributed by atoms with Gasteiger partial charge in [-0.05, 0) is 32.9 Å². The topological polar surface area (TPSA) is 66.8 Å². The van der Waals surface area contributed by atoms with Crippen LogP contribution in [0.2, 0.25) is 0 Å². The van der Waals surface area contributed by atoms with Crippen molar-refractivity contribution in [2.75, 3.05) is 23.8 Å². The number of hydrogen-bond donors (Lipinski definition) is 1. The largest absolute Gasteiger partial charge is 0.360 e. The highest BCUT2D eigenvalue weighted by Crippen LogP contribution is 2.10. The van der Waals surface area contributed by atoms with Crippen LogP contribution < -0.4 is 10.2 Å². The third-order valence-electron chi connectivity index (χ3n) is 2.94. The van der Waals surface area contributed by atoms with E-state index in [9.17, 15) is 0 Å². The molecule has 0 aromatic carbocycles. The quantitative estimate of drug-likeness (QED) is 0.897. The Morgan fingerprint density at radius 3 is 2.50 bits per heavy atom. The second-order valence-electron chi connectivity index (χ2n) is 4.67. The number of anilines is 2. The summed E-state index contributed by atoms with van der Waals surface area (Å²) in [4.78, 5) is 19.5. The Bertz CT molecular complexity index is 563. The molecule has 0 saturated heterocycles. The van der Waals surface area contributed by atoms with Crippen molar-refractivity contribution in [3.8, 4) is 0 Å². The van der Waals surface area contributed by atoms with E-state index in [0.717, 1.165) is 29.6 Å². The Morgan fingerprint density at radius 1 is 1.15 bits per heavy atom. The average Bonchev–Trinajstić information content (AvgIpc) is 2.43. The van der Waals surface area contributed by atoms with Crippen molar-refractivity contribution in [1.29, 1.82) is 0 Å². The van der Waals surface area contributed by atoms with Gasteiger partial charge in [0.05, 0.1) is 6.54 Å². The molecule has 20 heavy (non-hydrogen) atoms. The summed E-state index contributed by atoms with van der Waals surface area (Å²) in [5.41, 5.74) is 1.93. The Hall–Kier alpha value is -2.24.